The number of benzene rings is 1. The van der Waals surface area contributed by atoms with Crippen molar-refractivity contribution in [2.24, 2.45) is 5.92 Å². The van der Waals surface area contributed by atoms with E-state index < -0.39 is 0 Å². The average molecular weight is 233 g/mol. The third kappa shape index (κ3) is 2.88. The molecule has 1 saturated heterocycles. The fraction of sp³-hybridized carbons (Fsp3) is 0.600. The van der Waals surface area contributed by atoms with E-state index in [1.54, 1.807) is 0 Å². The summed E-state index contributed by atoms with van der Waals surface area (Å²) in [6.07, 6.45) is 0.751. The zero-order valence-corrected chi connectivity index (χ0v) is 11.0. The zero-order valence-electron chi connectivity index (χ0n) is 11.0. The second-order valence-electron chi connectivity index (χ2n) is 6.07. The molecule has 2 heteroatoms. The smallest absolute Gasteiger partial charge is 0.0830 e. The van der Waals surface area contributed by atoms with Gasteiger partial charge < -0.3 is 10.4 Å². The van der Waals surface area contributed by atoms with Gasteiger partial charge in [-0.3, -0.25) is 0 Å². The molecule has 17 heavy (non-hydrogen) atoms. The van der Waals surface area contributed by atoms with Gasteiger partial charge in [0.25, 0.3) is 0 Å². The van der Waals surface area contributed by atoms with Crippen LogP contribution in [-0.4, -0.2) is 18.2 Å². The molecule has 1 aromatic rings. The summed E-state index contributed by atoms with van der Waals surface area (Å²) >= 11 is 0. The van der Waals surface area contributed by atoms with E-state index in [1.807, 2.05) is 0 Å². The second-order valence-corrected chi connectivity index (χ2v) is 6.07. The minimum absolute atomic E-state index is 0.179. The number of aliphatic hydroxyl groups is 1. The van der Waals surface area contributed by atoms with Crippen LogP contribution in [0.2, 0.25) is 0 Å². The van der Waals surface area contributed by atoms with Gasteiger partial charge in [0.05, 0.1) is 6.10 Å². The molecule has 94 valence electrons. The van der Waals surface area contributed by atoms with Gasteiger partial charge in [-0.15, -0.1) is 0 Å². The summed E-state index contributed by atoms with van der Waals surface area (Å²) in [7, 11) is 0. The molecule has 0 bridgehead atoms. The molecule has 2 rings (SSSR count). The number of hydrogen-bond acceptors (Lipinski definition) is 2. The van der Waals surface area contributed by atoms with E-state index in [1.165, 1.54) is 5.56 Å². The molecule has 2 unspecified atom stereocenters. The normalized spacial score (nSPS) is 22.7. The lowest BCUT2D eigenvalue weighted by atomic mass is 9.85. The predicted octanol–water partition coefficient (Wildman–Crippen LogP) is 2.63. The SMILES string of the molecule is CC(C)(C)c1ccc(C(O)C2CCNC2)cc1. The maximum absolute atomic E-state index is 10.3. The minimum Gasteiger partial charge on any atom is -0.388 e. The van der Waals surface area contributed by atoms with Crippen molar-refractivity contribution in [3.8, 4) is 0 Å². The third-order valence-corrected chi connectivity index (χ3v) is 3.66. The Hall–Kier alpha value is -0.860. The largest absolute Gasteiger partial charge is 0.388 e. The molecule has 0 spiro atoms. The van der Waals surface area contributed by atoms with E-state index in [4.69, 9.17) is 0 Å². The van der Waals surface area contributed by atoms with Crippen LogP contribution in [0.3, 0.4) is 0 Å². The standard InChI is InChI=1S/C15H23NO/c1-15(2,3)13-6-4-11(5-7-13)14(17)12-8-9-16-10-12/h4-7,12,14,16-17H,8-10H2,1-3H3. The highest BCUT2D eigenvalue weighted by Crippen LogP contribution is 2.29. The molecule has 2 atom stereocenters. The second kappa shape index (κ2) is 4.79. The number of aliphatic hydroxyl groups excluding tert-OH is 1. The lowest BCUT2D eigenvalue weighted by Crippen LogP contribution is -2.16. The van der Waals surface area contributed by atoms with Gasteiger partial charge in [-0.2, -0.15) is 0 Å². The molecule has 0 radical (unpaired) electrons. The lowest BCUT2D eigenvalue weighted by Gasteiger charge is -2.21. The minimum atomic E-state index is -0.320. The lowest BCUT2D eigenvalue weighted by molar-refractivity contribution is 0.118. The summed E-state index contributed by atoms with van der Waals surface area (Å²) < 4.78 is 0. The first-order chi connectivity index (χ1) is 7.98. The van der Waals surface area contributed by atoms with Gasteiger partial charge in [-0.05, 0) is 29.5 Å². The predicted molar refractivity (Wildman–Crippen MR) is 71.1 cm³/mol. The summed E-state index contributed by atoms with van der Waals surface area (Å²) in [6.45, 7) is 8.59. The van der Waals surface area contributed by atoms with E-state index >= 15 is 0 Å². The van der Waals surface area contributed by atoms with Crippen molar-refractivity contribution in [2.75, 3.05) is 13.1 Å². The van der Waals surface area contributed by atoms with Gasteiger partial charge in [0, 0.05) is 12.5 Å². The molecule has 0 amide bonds. The first-order valence-electron chi connectivity index (χ1n) is 6.48. The molecule has 0 aliphatic carbocycles. The fourth-order valence-corrected chi connectivity index (χ4v) is 2.40. The van der Waals surface area contributed by atoms with Crippen molar-refractivity contribution >= 4 is 0 Å². The number of nitrogens with one attached hydrogen (secondary N) is 1. The van der Waals surface area contributed by atoms with Gasteiger partial charge in [0.2, 0.25) is 0 Å². The first-order valence-corrected chi connectivity index (χ1v) is 6.48. The summed E-state index contributed by atoms with van der Waals surface area (Å²) in [4.78, 5) is 0. The maximum atomic E-state index is 10.3. The van der Waals surface area contributed by atoms with E-state index in [-0.39, 0.29) is 11.5 Å². The van der Waals surface area contributed by atoms with Crippen molar-refractivity contribution in [3.05, 3.63) is 35.4 Å². The van der Waals surface area contributed by atoms with Gasteiger partial charge in [0.1, 0.15) is 0 Å². The van der Waals surface area contributed by atoms with Crippen LogP contribution in [0.25, 0.3) is 0 Å². The highest BCUT2D eigenvalue weighted by atomic mass is 16.3. The molecule has 1 heterocycles. The van der Waals surface area contributed by atoms with Crippen LogP contribution >= 0.6 is 0 Å². The summed E-state index contributed by atoms with van der Waals surface area (Å²) in [5.74, 6) is 0.371. The van der Waals surface area contributed by atoms with Crippen LogP contribution in [0.1, 0.15) is 44.4 Å². The fourth-order valence-electron chi connectivity index (χ4n) is 2.40. The summed E-state index contributed by atoms with van der Waals surface area (Å²) in [5, 5.41) is 13.6. The van der Waals surface area contributed by atoms with Gasteiger partial charge in [-0.25, -0.2) is 0 Å². The quantitative estimate of drug-likeness (QED) is 0.823. The summed E-state index contributed by atoms with van der Waals surface area (Å²) in [6, 6.07) is 8.43. The molecule has 2 N–H and O–H groups in total. The van der Waals surface area contributed by atoms with E-state index in [2.05, 4.69) is 50.4 Å². The Bertz CT molecular complexity index is 358. The van der Waals surface area contributed by atoms with Gasteiger partial charge in [0.15, 0.2) is 0 Å². The molecular weight excluding hydrogens is 210 g/mol. The molecule has 1 aliphatic heterocycles. The molecular formula is C15H23NO. The first kappa shape index (κ1) is 12.6. The van der Waals surface area contributed by atoms with Crippen LogP contribution in [0.15, 0.2) is 24.3 Å². The molecule has 2 nitrogen and oxygen atoms in total. The molecule has 1 aromatic carbocycles. The molecule has 0 aromatic heterocycles. The van der Waals surface area contributed by atoms with E-state index in [0.717, 1.165) is 25.1 Å². The molecule has 0 saturated carbocycles. The number of hydrogen-bond donors (Lipinski definition) is 2. The topological polar surface area (TPSA) is 32.3 Å². The highest BCUT2D eigenvalue weighted by Gasteiger charge is 2.24. The van der Waals surface area contributed by atoms with Crippen molar-refractivity contribution in [3.63, 3.8) is 0 Å². The van der Waals surface area contributed by atoms with Crippen molar-refractivity contribution in [1.29, 1.82) is 0 Å². The number of rotatable bonds is 2. The third-order valence-electron chi connectivity index (χ3n) is 3.66. The molecule has 1 aliphatic rings. The van der Waals surface area contributed by atoms with Gasteiger partial charge >= 0.3 is 0 Å². The van der Waals surface area contributed by atoms with Gasteiger partial charge in [-0.1, -0.05) is 45.0 Å². The average Bonchev–Trinajstić information content (AvgIpc) is 2.80. The van der Waals surface area contributed by atoms with Crippen LogP contribution in [0.5, 0.6) is 0 Å². The van der Waals surface area contributed by atoms with Crippen LogP contribution in [-0.2, 0) is 5.41 Å². The van der Waals surface area contributed by atoms with Crippen LogP contribution in [0, 0.1) is 5.92 Å². The Morgan fingerprint density at radius 3 is 2.35 bits per heavy atom. The summed E-state index contributed by atoms with van der Waals surface area (Å²) in [5.41, 5.74) is 2.54. The Labute approximate surface area is 104 Å². The van der Waals surface area contributed by atoms with Crippen LogP contribution < -0.4 is 5.32 Å². The van der Waals surface area contributed by atoms with Crippen molar-refractivity contribution < 1.29 is 5.11 Å². The Morgan fingerprint density at radius 2 is 1.88 bits per heavy atom. The maximum Gasteiger partial charge on any atom is 0.0830 e. The van der Waals surface area contributed by atoms with Crippen LogP contribution in [0.4, 0.5) is 0 Å². The Morgan fingerprint density at radius 1 is 1.24 bits per heavy atom. The van der Waals surface area contributed by atoms with Crippen molar-refractivity contribution in [2.45, 2.75) is 38.7 Å². The zero-order chi connectivity index (χ0) is 12.5. The van der Waals surface area contributed by atoms with E-state index in [9.17, 15) is 5.11 Å². The molecule has 1 fully saturated rings. The van der Waals surface area contributed by atoms with Crippen molar-refractivity contribution in [1.82, 2.24) is 5.32 Å². The van der Waals surface area contributed by atoms with E-state index in [0.29, 0.717) is 5.92 Å². The Kier molecular flexibility index (Phi) is 3.55. The monoisotopic (exact) mass is 233 g/mol. The highest BCUT2D eigenvalue weighted by molar-refractivity contribution is 5.29. The Balaban J connectivity index is 2.12.